The van der Waals surface area contributed by atoms with Crippen molar-refractivity contribution in [2.24, 2.45) is 0 Å². The maximum atomic E-state index is 12.7. The highest BCUT2D eigenvalue weighted by Gasteiger charge is 2.15. The van der Waals surface area contributed by atoms with Crippen molar-refractivity contribution in [3.05, 3.63) is 65.4 Å². The van der Waals surface area contributed by atoms with Gasteiger partial charge in [-0.15, -0.1) is 0 Å². The zero-order valence-electron chi connectivity index (χ0n) is 16.5. The van der Waals surface area contributed by atoms with Gasteiger partial charge in [0.2, 0.25) is 5.91 Å². The van der Waals surface area contributed by atoms with Gasteiger partial charge in [0, 0.05) is 43.3 Å². The van der Waals surface area contributed by atoms with E-state index in [1.807, 2.05) is 32.2 Å². The van der Waals surface area contributed by atoms with Crippen LogP contribution in [0.4, 0.5) is 5.69 Å². The Morgan fingerprint density at radius 2 is 1.86 bits per heavy atom. The minimum absolute atomic E-state index is 0.0838. The Bertz CT molecular complexity index is 956. The second kappa shape index (κ2) is 8.07. The Balaban J connectivity index is 1.38. The molecular weight excluding hydrogens is 352 g/mol. The molecule has 1 aromatic heterocycles. The Labute approximate surface area is 165 Å². The molecule has 2 aromatic carbocycles. The van der Waals surface area contributed by atoms with E-state index in [2.05, 4.69) is 29.2 Å². The molecule has 0 spiro atoms. The van der Waals surface area contributed by atoms with Crippen LogP contribution < -0.4 is 4.90 Å². The molecule has 0 saturated carbocycles. The van der Waals surface area contributed by atoms with Crippen molar-refractivity contribution < 1.29 is 13.9 Å². The van der Waals surface area contributed by atoms with E-state index in [4.69, 9.17) is 9.15 Å². The summed E-state index contributed by atoms with van der Waals surface area (Å²) in [7, 11) is 1.85. The molecule has 1 aliphatic rings. The smallest absolute Gasteiger partial charge is 0.227 e. The van der Waals surface area contributed by atoms with Crippen molar-refractivity contribution in [1.29, 1.82) is 0 Å². The molecule has 0 N–H and O–H groups in total. The highest BCUT2D eigenvalue weighted by molar-refractivity contribution is 5.87. The van der Waals surface area contributed by atoms with Crippen molar-refractivity contribution in [3.63, 3.8) is 0 Å². The molecule has 0 bridgehead atoms. The number of fused-ring (bicyclic) bond motifs is 1. The summed E-state index contributed by atoms with van der Waals surface area (Å²) in [6, 6.07) is 14.5. The van der Waals surface area contributed by atoms with Crippen LogP contribution in [-0.2, 0) is 22.5 Å². The minimum Gasteiger partial charge on any atom is -0.464 e. The van der Waals surface area contributed by atoms with Gasteiger partial charge >= 0.3 is 0 Å². The summed E-state index contributed by atoms with van der Waals surface area (Å²) >= 11 is 0. The lowest BCUT2D eigenvalue weighted by Gasteiger charge is -2.29. The van der Waals surface area contributed by atoms with Gasteiger partial charge < -0.3 is 19.0 Å². The van der Waals surface area contributed by atoms with E-state index in [1.165, 1.54) is 5.69 Å². The van der Waals surface area contributed by atoms with Gasteiger partial charge in [0.25, 0.3) is 0 Å². The van der Waals surface area contributed by atoms with Gasteiger partial charge in [0.05, 0.1) is 25.9 Å². The van der Waals surface area contributed by atoms with Gasteiger partial charge in [0.15, 0.2) is 0 Å². The predicted octanol–water partition coefficient (Wildman–Crippen LogP) is 3.78. The van der Waals surface area contributed by atoms with Crippen LogP contribution in [0.3, 0.4) is 0 Å². The number of aryl methyl sites for hydroxylation is 1. The number of benzene rings is 2. The number of rotatable bonds is 5. The average Bonchev–Trinajstić information content (AvgIpc) is 3.11. The first-order valence-corrected chi connectivity index (χ1v) is 9.72. The lowest BCUT2D eigenvalue weighted by Crippen LogP contribution is -2.36. The highest BCUT2D eigenvalue weighted by Crippen LogP contribution is 2.23. The molecule has 2 heterocycles. The minimum atomic E-state index is 0.0838. The normalized spacial score (nSPS) is 14.4. The average molecular weight is 378 g/mol. The molecule has 3 aromatic rings. The van der Waals surface area contributed by atoms with Gasteiger partial charge in [-0.1, -0.05) is 24.3 Å². The quantitative estimate of drug-likeness (QED) is 0.678. The second-order valence-corrected chi connectivity index (χ2v) is 7.45. The number of hydrogen-bond donors (Lipinski definition) is 0. The fraction of sp³-hybridized carbons (Fsp3) is 0.348. The zero-order chi connectivity index (χ0) is 19.5. The van der Waals surface area contributed by atoms with Crippen LogP contribution in [0.1, 0.15) is 16.7 Å². The lowest BCUT2D eigenvalue weighted by molar-refractivity contribution is -0.129. The van der Waals surface area contributed by atoms with E-state index in [0.29, 0.717) is 13.0 Å². The van der Waals surface area contributed by atoms with Gasteiger partial charge in [-0.05, 0) is 36.2 Å². The number of morpholine rings is 1. The Morgan fingerprint density at radius 3 is 2.61 bits per heavy atom. The zero-order valence-corrected chi connectivity index (χ0v) is 16.5. The van der Waals surface area contributed by atoms with Crippen LogP contribution in [0.25, 0.3) is 11.0 Å². The number of amides is 1. The maximum absolute atomic E-state index is 12.7. The van der Waals surface area contributed by atoms with Gasteiger partial charge in [-0.3, -0.25) is 4.79 Å². The van der Waals surface area contributed by atoms with E-state index < -0.39 is 0 Å². The monoisotopic (exact) mass is 378 g/mol. The molecule has 0 aliphatic carbocycles. The molecule has 146 valence electrons. The summed E-state index contributed by atoms with van der Waals surface area (Å²) in [4.78, 5) is 16.8. The third-order valence-corrected chi connectivity index (χ3v) is 5.31. The molecule has 1 fully saturated rings. The standard InChI is InChI=1S/C23H26N2O3/c1-17-3-8-21-19(16-28-22(21)13-17)14-23(26)24(2)15-18-4-6-20(7-5-18)25-9-11-27-12-10-25/h3-8,13,16H,9-12,14-15H2,1-2H3. The van der Waals surface area contributed by atoms with Crippen LogP contribution in [-0.4, -0.2) is 44.2 Å². The lowest BCUT2D eigenvalue weighted by atomic mass is 10.1. The fourth-order valence-corrected chi connectivity index (χ4v) is 3.62. The molecule has 28 heavy (non-hydrogen) atoms. The van der Waals surface area contributed by atoms with Crippen molar-refractivity contribution in [3.8, 4) is 0 Å². The molecule has 5 nitrogen and oxygen atoms in total. The highest BCUT2D eigenvalue weighted by atomic mass is 16.5. The van der Waals surface area contributed by atoms with Crippen LogP contribution in [0.2, 0.25) is 0 Å². The van der Waals surface area contributed by atoms with Crippen LogP contribution in [0.15, 0.2) is 53.1 Å². The molecular formula is C23H26N2O3. The summed E-state index contributed by atoms with van der Waals surface area (Å²) in [6.07, 6.45) is 2.05. The Kier molecular flexibility index (Phi) is 5.35. The summed E-state index contributed by atoms with van der Waals surface area (Å²) in [5.74, 6) is 0.0838. The third-order valence-electron chi connectivity index (χ3n) is 5.31. The number of carbonyl (C=O) groups excluding carboxylic acids is 1. The number of nitrogens with zero attached hydrogens (tertiary/aromatic N) is 2. The first-order chi connectivity index (χ1) is 13.6. The first-order valence-electron chi connectivity index (χ1n) is 9.72. The Hall–Kier alpha value is -2.79. The number of hydrogen-bond acceptors (Lipinski definition) is 4. The van der Waals surface area contributed by atoms with E-state index in [0.717, 1.165) is 54.0 Å². The molecule has 0 atom stereocenters. The van der Waals surface area contributed by atoms with Crippen LogP contribution in [0, 0.1) is 6.92 Å². The molecule has 0 radical (unpaired) electrons. The predicted molar refractivity (Wildman–Crippen MR) is 111 cm³/mol. The summed E-state index contributed by atoms with van der Waals surface area (Å²) < 4.78 is 11.0. The largest absolute Gasteiger partial charge is 0.464 e. The van der Waals surface area contributed by atoms with Gasteiger partial charge in [0.1, 0.15) is 5.58 Å². The molecule has 0 unspecified atom stereocenters. The number of ether oxygens (including phenoxy) is 1. The van der Waals surface area contributed by atoms with Crippen LogP contribution in [0.5, 0.6) is 0 Å². The Morgan fingerprint density at radius 1 is 1.11 bits per heavy atom. The molecule has 4 rings (SSSR count). The maximum Gasteiger partial charge on any atom is 0.227 e. The van der Waals surface area contributed by atoms with Crippen molar-refractivity contribution in [1.82, 2.24) is 4.90 Å². The van der Waals surface area contributed by atoms with Crippen LogP contribution >= 0.6 is 0 Å². The van der Waals surface area contributed by atoms with Crippen molar-refractivity contribution in [2.45, 2.75) is 19.9 Å². The van der Waals surface area contributed by atoms with Gasteiger partial charge in [-0.25, -0.2) is 0 Å². The SMILES string of the molecule is Cc1ccc2c(CC(=O)N(C)Cc3ccc(N4CCOCC4)cc3)coc2c1. The fourth-order valence-electron chi connectivity index (χ4n) is 3.62. The third kappa shape index (κ3) is 4.04. The van der Waals surface area contributed by atoms with Crippen molar-refractivity contribution in [2.75, 3.05) is 38.3 Å². The number of anilines is 1. The number of carbonyl (C=O) groups is 1. The molecule has 1 aliphatic heterocycles. The van der Waals surface area contributed by atoms with E-state index in [-0.39, 0.29) is 5.91 Å². The van der Waals surface area contributed by atoms with Crippen molar-refractivity contribution >= 4 is 22.6 Å². The first kappa shape index (κ1) is 18.6. The summed E-state index contributed by atoms with van der Waals surface area (Å²) in [5, 5.41) is 1.02. The van der Waals surface area contributed by atoms with E-state index in [9.17, 15) is 4.79 Å². The summed E-state index contributed by atoms with van der Waals surface area (Å²) in [5.41, 5.74) is 5.26. The van der Waals surface area contributed by atoms with E-state index in [1.54, 1.807) is 11.2 Å². The number of likely N-dealkylation sites (N-methyl/N-ethyl adjacent to an activating group) is 1. The molecule has 1 saturated heterocycles. The molecule has 5 heteroatoms. The molecule has 1 amide bonds. The summed E-state index contributed by atoms with van der Waals surface area (Å²) in [6.45, 7) is 6.04. The van der Waals surface area contributed by atoms with Gasteiger partial charge in [-0.2, -0.15) is 0 Å². The topological polar surface area (TPSA) is 45.9 Å². The van der Waals surface area contributed by atoms with E-state index >= 15 is 0 Å². The second-order valence-electron chi connectivity index (χ2n) is 7.45. The number of furan rings is 1.